The zero-order chi connectivity index (χ0) is 23.9. The minimum Gasteiger partial charge on any atom is -0.368 e. The Morgan fingerprint density at radius 2 is 1.44 bits per heavy atom. The molecule has 0 aliphatic heterocycles. The highest BCUT2D eigenvalue weighted by molar-refractivity contribution is 5.90. The first-order chi connectivity index (χ1) is 16.5. The second-order valence-electron chi connectivity index (χ2n) is 9.84. The third-order valence-corrected chi connectivity index (χ3v) is 8.06. The number of para-hydroxylation sites is 2. The number of imidazole rings is 1. The van der Waals surface area contributed by atoms with Gasteiger partial charge in [0.05, 0.1) is 16.6 Å². The van der Waals surface area contributed by atoms with E-state index in [1.165, 1.54) is 6.07 Å². The molecule has 1 aromatic heterocycles. The van der Waals surface area contributed by atoms with Crippen LogP contribution in [0.2, 0.25) is 0 Å². The Bertz CT molecular complexity index is 1190. The summed E-state index contributed by atoms with van der Waals surface area (Å²) in [5.41, 5.74) is 6.29. The van der Waals surface area contributed by atoms with Crippen molar-refractivity contribution in [2.75, 3.05) is 0 Å². The minimum atomic E-state index is -1.55. The molecule has 7 heteroatoms. The van der Waals surface area contributed by atoms with Crippen molar-refractivity contribution < 1.29 is 18.0 Å². The molecule has 2 N–H and O–H groups in total. The maximum absolute atomic E-state index is 15.1. The van der Waals surface area contributed by atoms with Crippen LogP contribution in [-0.2, 0) is 10.3 Å². The summed E-state index contributed by atoms with van der Waals surface area (Å²) in [6.07, 6.45) is 9.54. The highest BCUT2D eigenvalue weighted by Gasteiger charge is 2.53. The maximum atomic E-state index is 15.1. The summed E-state index contributed by atoms with van der Waals surface area (Å²) in [4.78, 5) is 18.4. The van der Waals surface area contributed by atoms with E-state index in [1.807, 2.05) is 22.8 Å². The number of carbonyl (C=O) groups is 1. The molecule has 2 aliphatic rings. The van der Waals surface area contributed by atoms with E-state index in [4.69, 9.17) is 5.73 Å². The summed E-state index contributed by atoms with van der Waals surface area (Å²) in [5, 5.41) is 0. The number of halogens is 3. The molecule has 2 saturated carbocycles. The number of benzene rings is 2. The van der Waals surface area contributed by atoms with Crippen molar-refractivity contribution in [2.24, 2.45) is 17.6 Å². The van der Waals surface area contributed by atoms with Crippen molar-refractivity contribution in [2.45, 2.75) is 69.7 Å². The number of primary amides is 1. The topological polar surface area (TPSA) is 60.9 Å². The lowest BCUT2D eigenvalue weighted by Gasteiger charge is -2.48. The summed E-state index contributed by atoms with van der Waals surface area (Å²) in [6, 6.07) is 9.43. The monoisotopic (exact) mass is 469 g/mol. The van der Waals surface area contributed by atoms with Gasteiger partial charge in [-0.15, -0.1) is 0 Å². The first kappa shape index (κ1) is 22.9. The van der Waals surface area contributed by atoms with Gasteiger partial charge in [-0.25, -0.2) is 18.2 Å². The van der Waals surface area contributed by atoms with Gasteiger partial charge < -0.3 is 10.3 Å². The van der Waals surface area contributed by atoms with Gasteiger partial charge in [0.15, 0.2) is 17.5 Å². The van der Waals surface area contributed by atoms with Crippen LogP contribution in [0.5, 0.6) is 0 Å². The van der Waals surface area contributed by atoms with E-state index in [0.717, 1.165) is 70.3 Å². The predicted molar refractivity (Wildman–Crippen MR) is 125 cm³/mol. The molecular formula is C27H30F3N3O. The summed E-state index contributed by atoms with van der Waals surface area (Å²) in [6.45, 7) is 0. The van der Waals surface area contributed by atoms with E-state index in [-0.39, 0.29) is 23.2 Å². The quantitative estimate of drug-likeness (QED) is 0.436. The van der Waals surface area contributed by atoms with Gasteiger partial charge in [-0.3, -0.25) is 4.79 Å². The number of nitrogens with two attached hydrogens (primary N) is 1. The Hall–Kier alpha value is -2.83. The second kappa shape index (κ2) is 9.08. The van der Waals surface area contributed by atoms with Crippen LogP contribution in [0.1, 0.15) is 64.2 Å². The Kier molecular flexibility index (Phi) is 6.13. The van der Waals surface area contributed by atoms with Gasteiger partial charge in [0.25, 0.3) is 0 Å². The van der Waals surface area contributed by atoms with E-state index >= 15 is 4.39 Å². The average Bonchev–Trinajstić information content (AvgIpc) is 3.24. The molecule has 0 saturated heterocycles. The number of rotatable bonds is 5. The number of amides is 1. The van der Waals surface area contributed by atoms with Crippen molar-refractivity contribution in [3.63, 3.8) is 0 Å². The third-order valence-electron chi connectivity index (χ3n) is 8.06. The molecule has 180 valence electrons. The third kappa shape index (κ3) is 3.51. The molecule has 0 unspecified atom stereocenters. The molecule has 5 rings (SSSR count). The molecule has 2 fully saturated rings. The molecule has 2 aromatic carbocycles. The molecule has 34 heavy (non-hydrogen) atoms. The first-order valence-electron chi connectivity index (χ1n) is 12.4. The van der Waals surface area contributed by atoms with Crippen LogP contribution in [0, 0.1) is 29.3 Å². The molecule has 3 aromatic rings. The van der Waals surface area contributed by atoms with Crippen LogP contribution in [-0.4, -0.2) is 15.5 Å². The van der Waals surface area contributed by atoms with E-state index in [0.29, 0.717) is 11.0 Å². The van der Waals surface area contributed by atoms with Gasteiger partial charge in [0.1, 0.15) is 11.4 Å². The van der Waals surface area contributed by atoms with Crippen molar-refractivity contribution in [1.29, 1.82) is 0 Å². The fourth-order valence-corrected chi connectivity index (χ4v) is 6.58. The normalized spacial score (nSPS) is 18.4. The molecule has 0 bridgehead atoms. The summed E-state index contributed by atoms with van der Waals surface area (Å²) in [5.74, 6) is -4.49. The first-order valence-corrected chi connectivity index (χ1v) is 12.4. The van der Waals surface area contributed by atoms with Crippen molar-refractivity contribution in [3.05, 3.63) is 53.8 Å². The summed E-state index contributed by atoms with van der Waals surface area (Å²) in [7, 11) is 0. The van der Waals surface area contributed by atoms with E-state index in [9.17, 15) is 13.6 Å². The number of hydrogen-bond donors (Lipinski definition) is 1. The highest BCUT2D eigenvalue weighted by atomic mass is 19.2. The van der Waals surface area contributed by atoms with Gasteiger partial charge in [-0.2, -0.15) is 0 Å². The second-order valence-corrected chi connectivity index (χ2v) is 9.84. The molecule has 1 amide bonds. The lowest BCUT2D eigenvalue weighted by Crippen LogP contribution is -2.58. The van der Waals surface area contributed by atoms with Gasteiger partial charge in [0, 0.05) is 0 Å². The number of fused-ring (bicyclic) bond motifs is 1. The summed E-state index contributed by atoms with van der Waals surface area (Å²) >= 11 is 0. The van der Waals surface area contributed by atoms with E-state index in [2.05, 4.69) is 4.98 Å². The van der Waals surface area contributed by atoms with Gasteiger partial charge in [-0.05, 0) is 61.8 Å². The van der Waals surface area contributed by atoms with Crippen LogP contribution in [0.15, 0.2) is 36.4 Å². The molecule has 0 radical (unpaired) electrons. The lowest BCUT2D eigenvalue weighted by atomic mass is 9.63. The highest BCUT2D eigenvalue weighted by Crippen LogP contribution is 2.50. The Labute approximate surface area is 197 Å². The van der Waals surface area contributed by atoms with Gasteiger partial charge in [0.2, 0.25) is 5.91 Å². The maximum Gasteiger partial charge on any atom is 0.244 e. The zero-order valence-corrected chi connectivity index (χ0v) is 19.2. The Morgan fingerprint density at radius 3 is 2.03 bits per heavy atom. The Morgan fingerprint density at radius 1 is 0.853 bits per heavy atom. The molecule has 1 heterocycles. The summed E-state index contributed by atoms with van der Waals surface area (Å²) < 4.78 is 45.1. The lowest BCUT2D eigenvalue weighted by molar-refractivity contribution is -0.135. The standard InChI is InChI=1S/C27H30F3N3O/c28-20-16-15-19(23(29)24(20)30)25-32-21-13-7-8-14-22(21)33(25)27(26(31)34,17-9-3-1-4-10-17)18-11-5-2-6-12-18/h7-8,13-18H,1-6,9-12H2,(H2,31,34). The molecule has 4 nitrogen and oxygen atoms in total. The van der Waals surface area contributed by atoms with Crippen LogP contribution in [0.25, 0.3) is 22.4 Å². The van der Waals surface area contributed by atoms with Gasteiger partial charge >= 0.3 is 0 Å². The average molecular weight is 470 g/mol. The fraction of sp³-hybridized carbons (Fsp3) is 0.481. The smallest absolute Gasteiger partial charge is 0.244 e. The number of hydrogen-bond acceptors (Lipinski definition) is 2. The van der Waals surface area contributed by atoms with Crippen LogP contribution >= 0.6 is 0 Å². The minimum absolute atomic E-state index is 0.0356. The largest absolute Gasteiger partial charge is 0.368 e. The molecule has 0 spiro atoms. The van der Waals surface area contributed by atoms with E-state index < -0.39 is 28.9 Å². The van der Waals surface area contributed by atoms with E-state index in [1.54, 1.807) is 6.07 Å². The molecular weight excluding hydrogens is 439 g/mol. The van der Waals surface area contributed by atoms with Crippen molar-refractivity contribution in [1.82, 2.24) is 9.55 Å². The van der Waals surface area contributed by atoms with Crippen molar-refractivity contribution in [3.8, 4) is 11.4 Å². The molecule has 2 aliphatic carbocycles. The van der Waals surface area contributed by atoms with Gasteiger partial charge in [-0.1, -0.05) is 50.7 Å². The van der Waals surface area contributed by atoms with Crippen LogP contribution in [0.3, 0.4) is 0 Å². The van der Waals surface area contributed by atoms with Crippen LogP contribution in [0.4, 0.5) is 13.2 Å². The fourth-order valence-electron chi connectivity index (χ4n) is 6.58. The molecule has 0 atom stereocenters. The number of carbonyl (C=O) groups excluding carboxylic acids is 1. The van der Waals surface area contributed by atoms with Crippen LogP contribution < -0.4 is 5.73 Å². The number of aromatic nitrogens is 2. The Balaban J connectivity index is 1.86. The predicted octanol–water partition coefficient (Wildman–Crippen LogP) is 6.46. The SMILES string of the molecule is NC(=O)C(C1CCCCC1)(C1CCCCC1)n1c(-c2ccc(F)c(F)c2F)nc2ccccc21. The number of nitrogens with zero attached hydrogens (tertiary/aromatic N) is 2. The zero-order valence-electron chi connectivity index (χ0n) is 19.2. The van der Waals surface area contributed by atoms with Crippen molar-refractivity contribution >= 4 is 16.9 Å².